The van der Waals surface area contributed by atoms with E-state index in [9.17, 15) is 9.90 Å². The standard InChI is InChI=1S/C15H13Cl2NO2/c1-9-6-7-10(8-12(9)17)14(15(19)20)18-13-5-3-2-4-11(13)16/h2-8,14,18H,1H3,(H,19,20). The zero-order chi connectivity index (χ0) is 14.7. The first-order chi connectivity index (χ1) is 9.49. The van der Waals surface area contributed by atoms with Crippen LogP contribution in [0.3, 0.4) is 0 Å². The van der Waals surface area contributed by atoms with E-state index in [1.54, 1.807) is 42.5 Å². The monoisotopic (exact) mass is 309 g/mol. The third kappa shape index (κ3) is 3.24. The Bertz CT molecular complexity index is 644. The van der Waals surface area contributed by atoms with Crippen LogP contribution in [0.4, 0.5) is 5.69 Å². The summed E-state index contributed by atoms with van der Waals surface area (Å²) in [7, 11) is 0. The van der Waals surface area contributed by atoms with Gasteiger partial charge in [-0.3, -0.25) is 0 Å². The third-order valence-corrected chi connectivity index (χ3v) is 3.69. The van der Waals surface area contributed by atoms with Crippen LogP contribution in [0.5, 0.6) is 0 Å². The van der Waals surface area contributed by atoms with E-state index in [1.807, 2.05) is 6.92 Å². The highest BCUT2D eigenvalue weighted by Gasteiger charge is 2.21. The predicted octanol–water partition coefficient (Wildman–Crippen LogP) is 4.54. The number of anilines is 1. The van der Waals surface area contributed by atoms with Crippen LogP contribution < -0.4 is 5.32 Å². The van der Waals surface area contributed by atoms with Crippen molar-refractivity contribution in [3.05, 3.63) is 63.6 Å². The van der Waals surface area contributed by atoms with Gasteiger partial charge in [-0.05, 0) is 36.2 Å². The summed E-state index contributed by atoms with van der Waals surface area (Å²) < 4.78 is 0. The molecule has 2 N–H and O–H groups in total. The van der Waals surface area contributed by atoms with Gasteiger partial charge in [0.15, 0.2) is 6.04 Å². The molecule has 104 valence electrons. The first-order valence-corrected chi connectivity index (χ1v) is 6.74. The number of aliphatic carboxylic acids is 1. The summed E-state index contributed by atoms with van der Waals surface area (Å²) in [6, 6.07) is 11.3. The van der Waals surface area contributed by atoms with E-state index in [-0.39, 0.29) is 0 Å². The molecule has 0 spiro atoms. The van der Waals surface area contributed by atoms with Crippen LogP contribution in [0.25, 0.3) is 0 Å². The summed E-state index contributed by atoms with van der Waals surface area (Å²) in [5.74, 6) is -0.996. The number of aryl methyl sites for hydroxylation is 1. The second-order valence-electron chi connectivity index (χ2n) is 4.40. The number of hydrogen-bond donors (Lipinski definition) is 2. The molecule has 0 saturated heterocycles. The molecular formula is C15H13Cl2NO2. The van der Waals surface area contributed by atoms with Gasteiger partial charge in [0, 0.05) is 5.02 Å². The van der Waals surface area contributed by atoms with Crippen LogP contribution in [0.15, 0.2) is 42.5 Å². The van der Waals surface area contributed by atoms with Gasteiger partial charge < -0.3 is 10.4 Å². The molecule has 0 aromatic heterocycles. The maximum Gasteiger partial charge on any atom is 0.330 e. The molecule has 3 nitrogen and oxygen atoms in total. The van der Waals surface area contributed by atoms with E-state index in [0.29, 0.717) is 21.3 Å². The van der Waals surface area contributed by atoms with Crippen molar-refractivity contribution in [3.8, 4) is 0 Å². The molecule has 0 amide bonds. The van der Waals surface area contributed by atoms with Gasteiger partial charge in [0.25, 0.3) is 0 Å². The van der Waals surface area contributed by atoms with Gasteiger partial charge in [0.2, 0.25) is 0 Å². The molecule has 0 heterocycles. The lowest BCUT2D eigenvalue weighted by molar-refractivity contribution is -0.138. The zero-order valence-corrected chi connectivity index (χ0v) is 12.2. The number of benzene rings is 2. The molecule has 0 bridgehead atoms. The second kappa shape index (κ2) is 6.16. The molecule has 0 aliphatic heterocycles. The van der Waals surface area contributed by atoms with Gasteiger partial charge in [0.05, 0.1) is 10.7 Å². The quantitative estimate of drug-likeness (QED) is 0.871. The summed E-state index contributed by atoms with van der Waals surface area (Å²) >= 11 is 12.1. The lowest BCUT2D eigenvalue weighted by Crippen LogP contribution is -2.20. The van der Waals surface area contributed by atoms with Crippen molar-refractivity contribution in [2.24, 2.45) is 0 Å². The van der Waals surface area contributed by atoms with Crippen LogP contribution in [0, 0.1) is 6.92 Å². The van der Waals surface area contributed by atoms with Crippen molar-refractivity contribution in [1.29, 1.82) is 0 Å². The molecule has 2 rings (SSSR count). The number of nitrogens with one attached hydrogen (secondary N) is 1. The summed E-state index contributed by atoms with van der Waals surface area (Å²) in [5, 5.41) is 13.3. The number of hydrogen-bond acceptors (Lipinski definition) is 2. The van der Waals surface area contributed by atoms with E-state index in [2.05, 4.69) is 5.32 Å². The third-order valence-electron chi connectivity index (χ3n) is 2.95. The summed E-state index contributed by atoms with van der Waals surface area (Å²) in [6.07, 6.45) is 0. The van der Waals surface area contributed by atoms with E-state index in [4.69, 9.17) is 23.2 Å². The maximum absolute atomic E-state index is 11.5. The van der Waals surface area contributed by atoms with E-state index < -0.39 is 12.0 Å². The molecule has 0 radical (unpaired) electrons. The molecule has 1 atom stereocenters. The lowest BCUT2D eigenvalue weighted by Gasteiger charge is -2.17. The highest BCUT2D eigenvalue weighted by Crippen LogP contribution is 2.28. The molecular weight excluding hydrogens is 297 g/mol. The SMILES string of the molecule is Cc1ccc(C(Nc2ccccc2Cl)C(=O)O)cc1Cl. The van der Waals surface area contributed by atoms with Crippen LogP contribution in [0.1, 0.15) is 17.2 Å². The molecule has 5 heteroatoms. The van der Waals surface area contributed by atoms with Gasteiger partial charge in [-0.15, -0.1) is 0 Å². The summed E-state index contributed by atoms with van der Waals surface area (Å²) in [5.41, 5.74) is 2.04. The Morgan fingerprint density at radius 1 is 1.15 bits per heavy atom. The predicted molar refractivity (Wildman–Crippen MR) is 81.6 cm³/mol. The van der Waals surface area contributed by atoms with Crippen LogP contribution in [-0.2, 0) is 4.79 Å². The topological polar surface area (TPSA) is 49.3 Å². The van der Waals surface area contributed by atoms with Crippen molar-refractivity contribution in [2.45, 2.75) is 13.0 Å². The van der Waals surface area contributed by atoms with Gasteiger partial charge in [-0.25, -0.2) is 4.79 Å². The van der Waals surface area contributed by atoms with Crippen LogP contribution in [0.2, 0.25) is 10.0 Å². The minimum Gasteiger partial charge on any atom is -0.479 e. The minimum absolute atomic E-state index is 0.469. The Hall–Kier alpha value is -1.71. The van der Waals surface area contributed by atoms with Crippen molar-refractivity contribution >= 4 is 34.9 Å². The minimum atomic E-state index is -0.996. The number of halogens is 2. The maximum atomic E-state index is 11.5. The first-order valence-electron chi connectivity index (χ1n) is 5.99. The fraction of sp³-hybridized carbons (Fsp3) is 0.133. The average molecular weight is 310 g/mol. The molecule has 0 fully saturated rings. The molecule has 0 aliphatic rings. The normalized spacial score (nSPS) is 11.9. The molecule has 2 aromatic carbocycles. The number of carboxylic acid groups (broad SMARTS) is 1. The van der Waals surface area contributed by atoms with Gasteiger partial charge in [-0.2, -0.15) is 0 Å². The zero-order valence-electron chi connectivity index (χ0n) is 10.7. The van der Waals surface area contributed by atoms with Crippen molar-refractivity contribution in [1.82, 2.24) is 0 Å². The highest BCUT2D eigenvalue weighted by atomic mass is 35.5. The van der Waals surface area contributed by atoms with Gasteiger partial charge in [0.1, 0.15) is 0 Å². The fourth-order valence-electron chi connectivity index (χ4n) is 1.81. The van der Waals surface area contributed by atoms with Crippen molar-refractivity contribution < 1.29 is 9.90 Å². The summed E-state index contributed by atoms with van der Waals surface area (Å²) in [4.78, 5) is 11.5. The van der Waals surface area contributed by atoms with Crippen LogP contribution >= 0.6 is 23.2 Å². The number of carboxylic acids is 1. The van der Waals surface area contributed by atoms with Gasteiger partial charge >= 0.3 is 5.97 Å². The largest absolute Gasteiger partial charge is 0.479 e. The first kappa shape index (κ1) is 14.7. The van der Waals surface area contributed by atoms with Gasteiger partial charge in [-0.1, -0.05) is 47.5 Å². The second-order valence-corrected chi connectivity index (χ2v) is 5.22. The molecule has 1 unspecified atom stereocenters. The Balaban J connectivity index is 2.34. The smallest absolute Gasteiger partial charge is 0.330 e. The average Bonchev–Trinajstić information content (AvgIpc) is 2.41. The Kier molecular flexibility index (Phi) is 4.53. The number of para-hydroxylation sites is 1. The molecule has 0 aliphatic carbocycles. The fourth-order valence-corrected chi connectivity index (χ4v) is 2.19. The molecule has 0 saturated carbocycles. The molecule has 20 heavy (non-hydrogen) atoms. The number of rotatable bonds is 4. The van der Waals surface area contributed by atoms with E-state index >= 15 is 0 Å². The van der Waals surface area contributed by atoms with E-state index in [1.165, 1.54) is 0 Å². The van der Waals surface area contributed by atoms with Crippen molar-refractivity contribution in [3.63, 3.8) is 0 Å². The Morgan fingerprint density at radius 2 is 1.85 bits per heavy atom. The summed E-state index contributed by atoms with van der Waals surface area (Å²) in [6.45, 7) is 1.86. The number of carbonyl (C=O) groups is 1. The lowest BCUT2D eigenvalue weighted by atomic mass is 10.0. The van der Waals surface area contributed by atoms with E-state index in [0.717, 1.165) is 5.56 Å². The van der Waals surface area contributed by atoms with Crippen molar-refractivity contribution in [2.75, 3.05) is 5.32 Å². The Labute approximate surface area is 127 Å². The van der Waals surface area contributed by atoms with Crippen LogP contribution in [-0.4, -0.2) is 11.1 Å². The molecule has 2 aromatic rings. The highest BCUT2D eigenvalue weighted by molar-refractivity contribution is 6.33. The Morgan fingerprint density at radius 3 is 2.45 bits per heavy atom.